The molecule has 0 unspecified atom stereocenters. The molecule has 3 rings (SSSR count). The van der Waals surface area contributed by atoms with Gasteiger partial charge in [0.1, 0.15) is 5.75 Å². The maximum Gasteiger partial charge on any atom is 0.260 e. The largest absolute Gasteiger partial charge is 0.482 e. The van der Waals surface area contributed by atoms with Gasteiger partial charge in [-0.1, -0.05) is 23.2 Å². The second-order valence-corrected chi connectivity index (χ2v) is 8.55. The van der Waals surface area contributed by atoms with Crippen LogP contribution in [0.1, 0.15) is 19.3 Å². The summed E-state index contributed by atoms with van der Waals surface area (Å²) in [7, 11) is 0. The van der Waals surface area contributed by atoms with Crippen LogP contribution in [0.2, 0.25) is 10.0 Å². The number of rotatable bonds is 4. The van der Waals surface area contributed by atoms with Gasteiger partial charge in [-0.3, -0.25) is 9.69 Å². The molecule has 0 radical (unpaired) electrons. The SMILES string of the molecule is O=C(COc1ccc(Cl)cc1Cl)N1CCCN(C2CCSCC2)CC1. The zero-order chi connectivity index (χ0) is 17.6. The normalized spacial score (nSPS) is 20.3. The topological polar surface area (TPSA) is 32.8 Å². The summed E-state index contributed by atoms with van der Waals surface area (Å²) in [6.07, 6.45) is 3.57. The Morgan fingerprint density at radius 3 is 2.72 bits per heavy atom. The summed E-state index contributed by atoms with van der Waals surface area (Å²) in [6, 6.07) is 5.72. The van der Waals surface area contributed by atoms with Crippen molar-refractivity contribution in [3.63, 3.8) is 0 Å². The van der Waals surface area contributed by atoms with Gasteiger partial charge in [-0.15, -0.1) is 0 Å². The molecule has 1 aromatic carbocycles. The summed E-state index contributed by atoms with van der Waals surface area (Å²) in [5.41, 5.74) is 0. The van der Waals surface area contributed by atoms with Crippen LogP contribution in [0.5, 0.6) is 5.75 Å². The van der Waals surface area contributed by atoms with Crippen LogP contribution in [0.4, 0.5) is 0 Å². The van der Waals surface area contributed by atoms with Crippen LogP contribution in [-0.2, 0) is 4.79 Å². The summed E-state index contributed by atoms with van der Waals surface area (Å²) in [5, 5.41) is 0.981. The molecular formula is C18H24Cl2N2O2S. The first-order chi connectivity index (χ1) is 12.1. The second kappa shape index (κ2) is 9.36. The van der Waals surface area contributed by atoms with E-state index in [1.54, 1.807) is 18.2 Å². The van der Waals surface area contributed by atoms with Crippen LogP contribution in [-0.4, -0.2) is 66.0 Å². The molecule has 2 aliphatic rings. The maximum atomic E-state index is 12.5. The van der Waals surface area contributed by atoms with Crippen LogP contribution >= 0.6 is 35.0 Å². The molecule has 25 heavy (non-hydrogen) atoms. The number of carbonyl (C=O) groups excluding carboxylic acids is 1. The Morgan fingerprint density at radius 2 is 1.96 bits per heavy atom. The van der Waals surface area contributed by atoms with Gasteiger partial charge in [0.25, 0.3) is 5.91 Å². The van der Waals surface area contributed by atoms with E-state index >= 15 is 0 Å². The predicted octanol–water partition coefficient (Wildman–Crippen LogP) is 3.80. The smallest absolute Gasteiger partial charge is 0.260 e. The number of halogens is 2. The fourth-order valence-corrected chi connectivity index (χ4v) is 4.97. The van der Waals surface area contributed by atoms with E-state index in [9.17, 15) is 4.79 Å². The number of amides is 1. The van der Waals surface area contributed by atoms with Gasteiger partial charge in [-0.05, 0) is 49.0 Å². The Kier molecular flexibility index (Phi) is 7.17. The Balaban J connectivity index is 1.49. The Morgan fingerprint density at radius 1 is 1.16 bits per heavy atom. The number of hydrogen-bond acceptors (Lipinski definition) is 4. The molecule has 0 aliphatic carbocycles. The molecule has 0 bridgehead atoms. The number of nitrogens with zero attached hydrogens (tertiary/aromatic N) is 2. The van der Waals surface area contributed by atoms with Crippen molar-refractivity contribution < 1.29 is 9.53 Å². The molecule has 7 heteroatoms. The summed E-state index contributed by atoms with van der Waals surface area (Å²) < 4.78 is 5.59. The molecule has 0 atom stereocenters. The van der Waals surface area contributed by atoms with E-state index in [0.29, 0.717) is 21.8 Å². The lowest BCUT2D eigenvalue weighted by Gasteiger charge is -2.33. The number of thioether (sulfide) groups is 1. The fraction of sp³-hybridized carbons (Fsp3) is 0.611. The average molecular weight is 403 g/mol. The zero-order valence-electron chi connectivity index (χ0n) is 14.3. The predicted molar refractivity (Wildman–Crippen MR) is 105 cm³/mol. The van der Waals surface area contributed by atoms with E-state index in [-0.39, 0.29) is 12.5 Å². The number of carbonyl (C=O) groups is 1. The van der Waals surface area contributed by atoms with Crippen molar-refractivity contribution in [1.29, 1.82) is 0 Å². The van der Waals surface area contributed by atoms with E-state index in [1.165, 1.54) is 24.3 Å². The molecule has 2 heterocycles. The van der Waals surface area contributed by atoms with Gasteiger partial charge in [0, 0.05) is 37.2 Å². The molecule has 1 amide bonds. The summed E-state index contributed by atoms with van der Waals surface area (Å²) in [5.74, 6) is 3.04. The van der Waals surface area contributed by atoms with Crippen LogP contribution < -0.4 is 4.74 Å². The van der Waals surface area contributed by atoms with E-state index in [4.69, 9.17) is 27.9 Å². The number of benzene rings is 1. The lowest BCUT2D eigenvalue weighted by molar-refractivity contribution is -0.133. The first kappa shape index (κ1) is 19.2. The minimum absolute atomic E-state index is 0.0153. The highest BCUT2D eigenvalue weighted by molar-refractivity contribution is 7.99. The van der Waals surface area contributed by atoms with E-state index in [1.807, 2.05) is 4.90 Å². The summed E-state index contributed by atoms with van der Waals surface area (Å²) in [6.45, 7) is 3.64. The molecule has 0 aromatic heterocycles. The van der Waals surface area contributed by atoms with Crippen LogP contribution in [0.15, 0.2) is 18.2 Å². The summed E-state index contributed by atoms with van der Waals surface area (Å²) >= 11 is 14.0. The van der Waals surface area contributed by atoms with Crippen LogP contribution in [0.3, 0.4) is 0 Å². The molecule has 2 aliphatic heterocycles. The van der Waals surface area contributed by atoms with Crippen molar-refractivity contribution in [3.05, 3.63) is 28.2 Å². The first-order valence-electron chi connectivity index (χ1n) is 8.81. The highest BCUT2D eigenvalue weighted by Gasteiger charge is 2.25. The maximum absolute atomic E-state index is 12.5. The van der Waals surface area contributed by atoms with Crippen molar-refractivity contribution in [2.45, 2.75) is 25.3 Å². The second-order valence-electron chi connectivity index (χ2n) is 6.48. The first-order valence-corrected chi connectivity index (χ1v) is 10.7. The Bertz CT molecular complexity index is 596. The highest BCUT2D eigenvalue weighted by Crippen LogP contribution is 2.27. The third-order valence-electron chi connectivity index (χ3n) is 4.84. The molecule has 2 fully saturated rings. The lowest BCUT2D eigenvalue weighted by atomic mass is 10.1. The van der Waals surface area contributed by atoms with Gasteiger partial charge in [0.05, 0.1) is 5.02 Å². The third kappa shape index (κ3) is 5.43. The standard InChI is InChI=1S/C18H24Cl2N2O2S/c19-14-2-3-17(16(20)12-14)24-13-18(23)22-7-1-6-21(8-9-22)15-4-10-25-11-5-15/h2-3,12,15H,1,4-11,13H2. The van der Waals surface area contributed by atoms with Crippen molar-refractivity contribution in [1.82, 2.24) is 9.80 Å². The molecule has 4 nitrogen and oxygen atoms in total. The molecule has 138 valence electrons. The Hall–Kier alpha value is -0.620. The van der Waals surface area contributed by atoms with Crippen molar-refractivity contribution in [2.75, 3.05) is 44.3 Å². The lowest BCUT2D eigenvalue weighted by Crippen LogP contribution is -2.42. The molecule has 0 spiro atoms. The molecule has 1 aromatic rings. The fourth-order valence-electron chi connectivity index (χ4n) is 3.43. The van der Waals surface area contributed by atoms with Crippen LogP contribution in [0.25, 0.3) is 0 Å². The van der Waals surface area contributed by atoms with Crippen molar-refractivity contribution >= 4 is 40.9 Å². The highest BCUT2D eigenvalue weighted by atomic mass is 35.5. The van der Waals surface area contributed by atoms with Gasteiger partial charge in [0.2, 0.25) is 0 Å². The average Bonchev–Trinajstić information content (AvgIpc) is 2.88. The van der Waals surface area contributed by atoms with E-state index < -0.39 is 0 Å². The van der Waals surface area contributed by atoms with E-state index in [2.05, 4.69) is 16.7 Å². The van der Waals surface area contributed by atoms with Crippen LogP contribution in [0, 0.1) is 0 Å². The van der Waals surface area contributed by atoms with E-state index in [0.717, 1.165) is 32.6 Å². The summed E-state index contributed by atoms with van der Waals surface area (Å²) in [4.78, 5) is 17.0. The van der Waals surface area contributed by atoms with Gasteiger partial charge < -0.3 is 9.64 Å². The van der Waals surface area contributed by atoms with Gasteiger partial charge in [-0.25, -0.2) is 0 Å². The third-order valence-corrected chi connectivity index (χ3v) is 6.41. The minimum Gasteiger partial charge on any atom is -0.482 e. The molecular weight excluding hydrogens is 379 g/mol. The monoisotopic (exact) mass is 402 g/mol. The van der Waals surface area contributed by atoms with Gasteiger partial charge in [-0.2, -0.15) is 11.8 Å². The number of hydrogen-bond donors (Lipinski definition) is 0. The van der Waals surface area contributed by atoms with Gasteiger partial charge >= 0.3 is 0 Å². The van der Waals surface area contributed by atoms with Crippen molar-refractivity contribution in [3.8, 4) is 5.75 Å². The minimum atomic E-state index is 0.0153. The van der Waals surface area contributed by atoms with Crippen molar-refractivity contribution in [2.24, 2.45) is 0 Å². The molecule has 0 N–H and O–H groups in total. The quantitative estimate of drug-likeness (QED) is 0.766. The Labute approximate surface area is 163 Å². The van der Waals surface area contributed by atoms with Gasteiger partial charge in [0.15, 0.2) is 6.61 Å². The molecule has 0 saturated carbocycles. The zero-order valence-corrected chi connectivity index (χ0v) is 16.6. The molecule has 2 saturated heterocycles. The number of ether oxygens (including phenoxy) is 1.